The lowest BCUT2D eigenvalue weighted by molar-refractivity contribution is -0.121. The number of thioether (sulfide) groups is 1. The van der Waals surface area contributed by atoms with Gasteiger partial charge in [0.05, 0.1) is 12.6 Å². The van der Waals surface area contributed by atoms with E-state index in [0.717, 1.165) is 24.2 Å². The second-order valence-corrected chi connectivity index (χ2v) is 6.31. The number of aliphatic hydroxyl groups is 1. The lowest BCUT2D eigenvalue weighted by atomic mass is 10.1. The van der Waals surface area contributed by atoms with E-state index in [0.29, 0.717) is 0 Å². The van der Waals surface area contributed by atoms with Gasteiger partial charge in [0.1, 0.15) is 5.25 Å². The first-order valence-electron chi connectivity index (χ1n) is 5.85. The first-order chi connectivity index (χ1) is 8.26. The third kappa shape index (κ3) is 2.84. The van der Waals surface area contributed by atoms with E-state index in [1.165, 1.54) is 4.88 Å². The van der Waals surface area contributed by atoms with Crippen molar-refractivity contribution in [2.45, 2.75) is 31.1 Å². The van der Waals surface area contributed by atoms with E-state index < -0.39 is 0 Å². The molecule has 2 heterocycles. The zero-order valence-corrected chi connectivity index (χ0v) is 11.4. The molecular formula is C12H17NO2S2. The monoisotopic (exact) mass is 271 g/mol. The van der Waals surface area contributed by atoms with Crippen molar-refractivity contribution in [1.82, 2.24) is 5.32 Å². The number of aliphatic hydroxyl groups excluding tert-OH is 1. The van der Waals surface area contributed by atoms with Gasteiger partial charge in [0.2, 0.25) is 5.91 Å². The van der Waals surface area contributed by atoms with Gasteiger partial charge in [-0.25, -0.2) is 0 Å². The molecule has 2 rings (SSSR count). The summed E-state index contributed by atoms with van der Waals surface area (Å²) in [6.45, 7) is 1.97. The highest BCUT2D eigenvalue weighted by Crippen LogP contribution is 2.39. The number of carbonyl (C=O) groups excluding carboxylic acids is 1. The molecule has 3 nitrogen and oxygen atoms in total. The summed E-state index contributed by atoms with van der Waals surface area (Å²) in [5.74, 6) is 1.04. The van der Waals surface area contributed by atoms with Gasteiger partial charge in [-0.15, -0.1) is 23.1 Å². The van der Waals surface area contributed by atoms with Crippen LogP contribution < -0.4 is 5.32 Å². The van der Waals surface area contributed by atoms with Gasteiger partial charge < -0.3 is 10.4 Å². The number of fused-ring (bicyclic) bond motifs is 1. The summed E-state index contributed by atoms with van der Waals surface area (Å²) in [7, 11) is 0. The first-order valence-corrected chi connectivity index (χ1v) is 7.78. The number of amides is 1. The number of hydrogen-bond acceptors (Lipinski definition) is 4. The van der Waals surface area contributed by atoms with Crippen LogP contribution in [0.15, 0.2) is 11.4 Å². The second kappa shape index (κ2) is 5.89. The number of rotatable bonds is 4. The third-order valence-electron chi connectivity index (χ3n) is 2.97. The van der Waals surface area contributed by atoms with Crippen LogP contribution >= 0.6 is 23.1 Å². The van der Waals surface area contributed by atoms with Crippen LogP contribution in [0.3, 0.4) is 0 Å². The van der Waals surface area contributed by atoms with Gasteiger partial charge in [-0.2, -0.15) is 0 Å². The van der Waals surface area contributed by atoms with Crippen LogP contribution in [0.2, 0.25) is 0 Å². The molecule has 17 heavy (non-hydrogen) atoms. The van der Waals surface area contributed by atoms with Crippen LogP contribution in [0, 0.1) is 0 Å². The molecule has 1 aromatic rings. The van der Waals surface area contributed by atoms with Crippen LogP contribution in [0.1, 0.15) is 29.0 Å². The van der Waals surface area contributed by atoms with E-state index in [-0.39, 0.29) is 23.8 Å². The second-order valence-electron chi connectivity index (χ2n) is 4.10. The molecule has 0 radical (unpaired) electrons. The van der Waals surface area contributed by atoms with Crippen molar-refractivity contribution < 1.29 is 9.90 Å². The van der Waals surface area contributed by atoms with Gasteiger partial charge in [-0.3, -0.25) is 4.79 Å². The Balaban J connectivity index is 2.07. The number of aryl methyl sites for hydroxylation is 1. The van der Waals surface area contributed by atoms with Gasteiger partial charge >= 0.3 is 0 Å². The molecule has 1 aromatic heterocycles. The average Bonchev–Trinajstić information content (AvgIpc) is 2.83. The van der Waals surface area contributed by atoms with E-state index >= 15 is 0 Å². The summed E-state index contributed by atoms with van der Waals surface area (Å²) >= 11 is 3.43. The quantitative estimate of drug-likeness (QED) is 0.880. The molecule has 5 heteroatoms. The minimum atomic E-state index is -0.118. The maximum absolute atomic E-state index is 12.1. The van der Waals surface area contributed by atoms with Crippen molar-refractivity contribution >= 4 is 29.0 Å². The Labute approximate surface area is 110 Å². The minimum Gasteiger partial charge on any atom is -0.394 e. The summed E-state index contributed by atoms with van der Waals surface area (Å²) < 4.78 is 0. The van der Waals surface area contributed by atoms with Crippen LogP contribution in [0.5, 0.6) is 0 Å². The molecule has 2 unspecified atom stereocenters. The number of thiophene rings is 1. The molecular weight excluding hydrogens is 254 g/mol. The predicted molar refractivity (Wildman–Crippen MR) is 72.5 cm³/mol. The standard InChI is InChI=1S/C12H17NO2S2/c1-2-8(7-14)13-12(15)11-9-3-5-16-10(9)4-6-17-11/h3,5,8,11,14H,2,4,6-7H2,1H3,(H,13,15). The predicted octanol–water partition coefficient (Wildman–Crippen LogP) is 1.97. The molecule has 94 valence electrons. The Morgan fingerprint density at radius 2 is 2.53 bits per heavy atom. The van der Waals surface area contributed by atoms with E-state index in [4.69, 9.17) is 5.11 Å². The van der Waals surface area contributed by atoms with Crippen molar-refractivity contribution in [2.75, 3.05) is 12.4 Å². The van der Waals surface area contributed by atoms with E-state index in [1.54, 1.807) is 23.1 Å². The van der Waals surface area contributed by atoms with Crippen molar-refractivity contribution in [3.05, 3.63) is 21.9 Å². The zero-order chi connectivity index (χ0) is 12.3. The Morgan fingerprint density at radius 3 is 3.24 bits per heavy atom. The fraction of sp³-hybridized carbons (Fsp3) is 0.583. The van der Waals surface area contributed by atoms with Gasteiger partial charge in [0.25, 0.3) is 0 Å². The Hall–Kier alpha value is -0.520. The highest BCUT2D eigenvalue weighted by atomic mass is 32.2. The number of hydrogen-bond donors (Lipinski definition) is 2. The molecule has 0 saturated heterocycles. The summed E-state index contributed by atoms with van der Waals surface area (Å²) in [4.78, 5) is 13.5. The topological polar surface area (TPSA) is 49.3 Å². The van der Waals surface area contributed by atoms with Crippen LogP contribution in [-0.2, 0) is 11.2 Å². The molecule has 1 amide bonds. The lowest BCUT2D eigenvalue weighted by Gasteiger charge is -2.23. The van der Waals surface area contributed by atoms with Crippen molar-refractivity contribution in [3.8, 4) is 0 Å². The Kier molecular flexibility index (Phi) is 4.48. The van der Waals surface area contributed by atoms with Gasteiger partial charge in [0.15, 0.2) is 0 Å². The van der Waals surface area contributed by atoms with Crippen LogP contribution in [0.25, 0.3) is 0 Å². The van der Waals surface area contributed by atoms with Gasteiger partial charge in [-0.05, 0) is 35.6 Å². The molecule has 2 N–H and O–H groups in total. The number of nitrogens with one attached hydrogen (secondary N) is 1. The number of carbonyl (C=O) groups is 1. The third-order valence-corrected chi connectivity index (χ3v) is 5.21. The van der Waals surface area contributed by atoms with Gasteiger partial charge in [-0.1, -0.05) is 6.92 Å². The van der Waals surface area contributed by atoms with E-state index in [9.17, 15) is 4.79 Å². The molecule has 0 spiro atoms. The molecule has 0 fully saturated rings. The first kappa shape index (κ1) is 12.9. The molecule has 2 atom stereocenters. The fourth-order valence-corrected chi connectivity index (χ4v) is 4.22. The SMILES string of the molecule is CCC(CO)NC(=O)C1SCCc2sccc21. The minimum absolute atomic E-state index is 0.0100. The van der Waals surface area contributed by atoms with Crippen molar-refractivity contribution in [3.63, 3.8) is 0 Å². The smallest absolute Gasteiger partial charge is 0.237 e. The summed E-state index contributed by atoms with van der Waals surface area (Å²) in [6.07, 6.45) is 1.83. The zero-order valence-electron chi connectivity index (χ0n) is 9.81. The molecule has 0 bridgehead atoms. The van der Waals surface area contributed by atoms with Gasteiger partial charge in [0, 0.05) is 4.88 Å². The fourth-order valence-electron chi connectivity index (χ4n) is 1.92. The molecule has 0 aliphatic carbocycles. The summed E-state index contributed by atoms with van der Waals surface area (Å²) in [5, 5.41) is 14.0. The molecule has 1 aliphatic heterocycles. The maximum atomic E-state index is 12.1. The lowest BCUT2D eigenvalue weighted by Crippen LogP contribution is -2.39. The normalized spacial score (nSPS) is 20.7. The van der Waals surface area contributed by atoms with Crippen LogP contribution in [0.4, 0.5) is 0 Å². The highest BCUT2D eigenvalue weighted by Gasteiger charge is 2.28. The molecule has 0 aromatic carbocycles. The maximum Gasteiger partial charge on any atom is 0.237 e. The summed E-state index contributed by atoms with van der Waals surface area (Å²) in [6, 6.07) is 1.93. The highest BCUT2D eigenvalue weighted by molar-refractivity contribution is 8.00. The summed E-state index contributed by atoms with van der Waals surface area (Å²) in [5.41, 5.74) is 1.16. The van der Waals surface area contributed by atoms with Crippen molar-refractivity contribution in [2.24, 2.45) is 0 Å². The van der Waals surface area contributed by atoms with E-state index in [2.05, 4.69) is 16.8 Å². The Morgan fingerprint density at radius 1 is 1.71 bits per heavy atom. The van der Waals surface area contributed by atoms with Crippen LogP contribution in [-0.4, -0.2) is 29.4 Å². The molecule has 0 saturated carbocycles. The Bertz CT molecular complexity index is 388. The van der Waals surface area contributed by atoms with Crippen molar-refractivity contribution in [1.29, 1.82) is 0 Å². The molecule has 1 aliphatic rings. The van der Waals surface area contributed by atoms with E-state index in [1.807, 2.05) is 6.92 Å². The average molecular weight is 271 g/mol. The largest absolute Gasteiger partial charge is 0.394 e.